The molecule has 1 heterocycles. The van der Waals surface area contributed by atoms with Gasteiger partial charge in [0.1, 0.15) is 11.9 Å². The SMILES string of the molecule is COCCNCc1ccc(OC(C)c2ccccc2)cn1. The number of nitrogens with zero attached hydrogens (tertiary/aromatic N) is 1. The predicted molar refractivity (Wildman–Crippen MR) is 83.3 cm³/mol. The lowest BCUT2D eigenvalue weighted by Crippen LogP contribution is -2.19. The van der Waals surface area contributed by atoms with E-state index in [2.05, 4.69) is 22.4 Å². The van der Waals surface area contributed by atoms with Gasteiger partial charge in [0, 0.05) is 20.2 Å². The topological polar surface area (TPSA) is 43.4 Å². The molecule has 1 unspecified atom stereocenters. The minimum Gasteiger partial charge on any atom is -0.484 e. The van der Waals surface area contributed by atoms with Gasteiger partial charge in [-0.25, -0.2) is 0 Å². The van der Waals surface area contributed by atoms with Gasteiger partial charge in [0.25, 0.3) is 0 Å². The first kappa shape index (κ1) is 15.5. The molecule has 2 aromatic rings. The number of methoxy groups -OCH3 is 1. The lowest BCUT2D eigenvalue weighted by molar-refractivity contribution is 0.199. The van der Waals surface area contributed by atoms with Crippen molar-refractivity contribution in [3.63, 3.8) is 0 Å². The zero-order chi connectivity index (χ0) is 14.9. The first-order chi connectivity index (χ1) is 10.3. The Morgan fingerprint density at radius 2 is 1.95 bits per heavy atom. The number of benzene rings is 1. The van der Waals surface area contributed by atoms with E-state index in [4.69, 9.17) is 9.47 Å². The van der Waals surface area contributed by atoms with Crippen LogP contribution in [0, 0.1) is 0 Å². The molecule has 4 nitrogen and oxygen atoms in total. The van der Waals surface area contributed by atoms with Gasteiger partial charge < -0.3 is 14.8 Å². The summed E-state index contributed by atoms with van der Waals surface area (Å²) in [5, 5.41) is 3.26. The van der Waals surface area contributed by atoms with Crippen molar-refractivity contribution in [1.29, 1.82) is 0 Å². The summed E-state index contributed by atoms with van der Waals surface area (Å²) < 4.78 is 10.9. The fourth-order valence-corrected chi connectivity index (χ4v) is 1.97. The van der Waals surface area contributed by atoms with E-state index < -0.39 is 0 Å². The molecule has 0 radical (unpaired) electrons. The van der Waals surface area contributed by atoms with Crippen molar-refractivity contribution in [2.45, 2.75) is 19.6 Å². The van der Waals surface area contributed by atoms with Crippen LogP contribution in [0.3, 0.4) is 0 Å². The minimum atomic E-state index is 0.0127. The lowest BCUT2D eigenvalue weighted by Gasteiger charge is -2.15. The Hall–Kier alpha value is -1.91. The van der Waals surface area contributed by atoms with Crippen LogP contribution in [-0.2, 0) is 11.3 Å². The summed E-state index contributed by atoms with van der Waals surface area (Å²) in [7, 11) is 1.69. The normalized spacial score (nSPS) is 12.1. The summed E-state index contributed by atoms with van der Waals surface area (Å²) in [4.78, 5) is 4.39. The molecular weight excluding hydrogens is 264 g/mol. The standard InChI is InChI=1S/C17H22N2O2/c1-14(15-6-4-3-5-7-15)21-17-9-8-16(19-13-17)12-18-10-11-20-2/h3-9,13-14,18H,10-12H2,1-2H3. The Balaban J connectivity index is 1.84. The Kier molecular flexibility index (Phi) is 6.19. The van der Waals surface area contributed by atoms with Crippen molar-refractivity contribution in [2.24, 2.45) is 0 Å². The van der Waals surface area contributed by atoms with E-state index in [1.54, 1.807) is 13.3 Å². The van der Waals surface area contributed by atoms with E-state index in [1.165, 1.54) is 0 Å². The summed E-state index contributed by atoms with van der Waals surface area (Å²) in [5.74, 6) is 0.784. The first-order valence-corrected chi connectivity index (χ1v) is 7.16. The average Bonchev–Trinajstić information content (AvgIpc) is 2.54. The maximum absolute atomic E-state index is 5.90. The van der Waals surface area contributed by atoms with Gasteiger partial charge in [0.05, 0.1) is 18.5 Å². The second-order valence-electron chi connectivity index (χ2n) is 4.83. The Bertz CT molecular complexity index is 514. The fraction of sp³-hybridized carbons (Fsp3) is 0.353. The monoisotopic (exact) mass is 286 g/mol. The van der Waals surface area contributed by atoms with Crippen molar-refractivity contribution in [3.8, 4) is 5.75 Å². The van der Waals surface area contributed by atoms with Gasteiger partial charge in [-0.3, -0.25) is 4.98 Å². The van der Waals surface area contributed by atoms with Crippen LogP contribution in [0.2, 0.25) is 0 Å². The Labute approximate surface area is 126 Å². The van der Waals surface area contributed by atoms with Crippen LogP contribution in [0.15, 0.2) is 48.7 Å². The van der Waals surface area contributed by atoms with E-state index >= 15 is 0 Å². The molecule has 0 aliphatic heterocycles. The molecule has 0 bridgehead atoms. The molecule has 4 heteroatoms. The van der Waals surface area contributed by atoms with E-state index in [9.17, 15) is 0 Å². The van der Waals surface area contributed by atoms with Gasteiger partial charge in [-0.05, 0) is 24.6 Å². The van der Waals surface area contributed by atoms with Crippen molar-refractivity contribution in [1.82, 2.24) is 10.3 Å². The molecule has 21 heavy (non-hydrogen) atoms. The van der Waals surface area contributed by atoms with E-state index in [0.29, 0.717) is 6.61 Å². The average molecular weight is 286 g/mol. The molecule has 2 rings (SSSR count). The highest BCUT2D eigenvalue weighted by Crippen LogP contribution is 2.20. The number of hydrogen-bond donors (Lipinski definition) is 1. The number of pyridine rings is 1. The van der Waals surface area contributed by atoms with Crippen molar-refractivity contribution in [3.05, 3.63) is 59.9 Å². The maximum atomic E-state index is 5.90. The van der Waals surface area contributed by atoms with Gasteiger partial charge in [-0.2, -0.15) is 0 Å². The summed E-state index contributed by atoms with van der Waals surface area (Å²) in [6.45, 7) is 4.30. The van der Waals surface area contributed by atoms with E-state index in [1.807, 2.05) is 37.3 Å². The largest absolute Gasteiger partial charge is 0.484 e. The van der Waals surface area contributed by atoms with Gasteiger partial charge in [0.2, 0.25) is 0 Å². The third-order valence-corrected chi connectivity index (χ3v) is 3.17. The van der Waals surface area contributed by atoms with Gasteiger partial charge in [-0.1, -0.05) is 30.3 Å². The highest BCUT2D eigenvalue weighted by molar-refractivity contribution is 5.23. The third-order valence-electron chi connectivity index (χ3n) is 3.17. The molecule has 0 aliphatic rings. The smallest absolute Gasteiger partial charge is 0.138 e. The van der Waals surface area contributed by atoms with E-state index in [0.717, 1.165) is 30.1 Å². The van der Waals surface area contributed by atoms with Gasteiger partial charge in [-0.15, -0.1) is 0 Å². The zero-order valence-corrected chi connectivity index (χ0v) is 12.6. The van der Waals surface area contributed by atoms with E-state index in [-0.39, 0.29) is 6.10 Å². The van der Waals surface area contributed by atoms with Crippen LogP contribution in [0.25, 0.3) is 0 Å². The third kappa shape index (κ3) is 5.17. The molecule has 0 spiro atoms. The summed E-state index contributed by atoms with van der Waals surface area (Å²) in [6, 6.07) is 14.1. The number of rotatable bonds is 8. The second kappa shape index (κ2) is 8.39. The first-order valence-electron chi connectivity index (χ1n) is 7.16. The Morgan fingerprint density at radius 1 is 1.14 bits per heavy atom. The molecule has 1 atom stereocenters. The van der Waals surface area contributed by atoms with Gasteiger partial charge >= 0.3 is 0 Å². The van der Waals surface area contributed by atoms with Crippen LogP contribution >= 0.6 is 0 Å². The summed E-state index contributed by atoms with van der Waals surface area (Å²) in [6.07, 6.45) is 1.78. The summed E-state index contributed by atoms with van der Waals surface area (Å²) >= 11 is 0. The molecule has 0 saturated carbocycles. The number of ether oxygens (including phenoxy) is 2. The van der Waals surface area contributed by atoms with Crippen LogP contribution in [0.5, 0.6) is 5.75 Å². The van der Waals surface area contributed by atoms with Crippen molar-refractivity contribution < 1.29 is 9.47 Å². The molecule has 0 amide bonds. The van der Waals surface area contributed by atoms with Crippen LogP contribution in [-0.4, -0.2) is 25.2 Å². The fourth-order valence-electron chi connectivity index (χ4n) is 1.97. The molecule has 0 fully saturated rings. The van der Waals surface area contributed by atoms with Gasteiger partial charge in [0.15, 0.2) is 0 Å². The number of aromatic nitrogens is 1. The molecule has 0 aliphatic carbocycles. The lowest BCUT2D eigenvalue weighted by atomic mass is 10.1. The van der Waals surface area contributed by atoms with Crippen LogP contribution < -0.4 is 10.1 Å². The molecule has 1 aromatic carbocycles. The molecule has 112 valence electrons. The molecule has 1 N–H and O–H groups in total. The van der Waals surface area contributed by atoms with Crippen molar-refractivity contribution in [2.75, 3.05) is 20.3 Å². The zero-order valence-electron chi connectivity index (χ0n) is 12.6. The maximum Gasteiger partial charge on any atom is 0.138 e. The number of nitrogens with one attached hydrogen (secondary N) is 1. The predicted octanol–water partition coefficient (Wildman–Crippen LogP) is 2.96. The molecular formula is C17H22N2O2. The van der Waals surface area contributed by atoms with Crippen molar-refractivity contribution >= 4 is 0 Å². The second-order valence-corrected chi connectivity index (χ2v) is 4.83. The number of hydrogen-bond acceptors (Lipinski definition) is 4. The molecule has 1 aromatic heterocycles. The minimum absolute atomic E-state index is 0.0127. The Morgan fingerprint density at radius 3 is 2.62 bits per heavy atom. The quantitative estimate of drug-likeness (QED) is 0.758. The van der Waals surface area contributed by atoms with Crippen LogP contribution in [0.4, 0.5) is 0 Å². The highest BCUT2D eigenvalue weighted by Gasteiger charge is 2.06. The van der Waals surface area contributed by atoms with Crippen LogP contribution in [0.1, 0.15) is 24.3 Å². The highest BCUT2D eigenvalue weighted by atomic mass is 16.5. The summed E-state index contributed by atoms with van der Waals surface area (Å²) in [5.41, 5.74) is 2.15. The molecule has 0 saturated heterocycles.